The van der Waals surface area contributed by atoms with Gasteiger partial charge < -0.3 is 20.5 Å². The van der Waals surface area contributed by atoms with E-state index in [-0.39, 0.29) is 12.5 Å². The molecule has 1 aromatic heterocycles. The normalized spacial score (nSPS) is 16.3. The predicted octanol–water partition coefficient (Wildman–Crippen LogP) is -0.450. The van der Waals surface area contributed by atoms with E-state index in [1.54, 1.807) is 12.1 Å². The molecule has 7 heteroatoms. The topological polar surface area (TPSA) is 86.7 Å². The summed E-state index contributed by atoms with van der Waals surface area (Å²) < 4.78 is 5.27. The van der Waals surface area contributed by atoms with E-state index < -0.39 is 6.10 Å². The summed E-state index contributed by atoms with van der Waals surface area (Å²) in [7, 11) is 0. The average Bonchev–Trinajstić information content (AvgIpc) is 2.59. The summed E-state index contributed by atoms with van der Waals surface area (Å²) in [4.78, 5) is 18.0. The van der Waals surface area contributed by atoms with Gasteiger partial charge in [0, 0.05) is 32.4 Å². The van der Waals surface area contributed by atoms with Crippen LogP contribution in [0.15, 0.2) is 18.3 Å². The van der Waals surface area contributed by atoms with Gasteiger partial charge in [-0.05, 0) is 12.1 Å². The molecule has 0 bridgehead atoms. The SMILES string of the molecule is C#CCNC(=O)c1ccc(NCC(O)CN2CCOCC2)nc1. The smallest absolute Gasteiger partial charge is 0.253 e. The number of aliphatic hydroxyl groups excluding tert-OH is 1. The lowest BCUT2D eigenvalue weighted by Crippen LogP contribution is -2.42. The van der Waals surface area contributed by atoms with Gasteiger partial charge in [-0.1, -0.05) is 5.92 Å². The maximum Gasteiger partial charge on any atom is 0.253 e. The number of nitrogens with one attached hydrogen (secondary N) is 2. The van der Waals surface area contributed by atoms with Crippen molar-refractivity contribution in [3.05, 3.63) is 23.9 Å². The zero-order valence-electron chi connectivity index (χ0n) is 13.0. The molecule has 7 nitrogen and oxygen atoms in total. The first kappa shape index (κ1) is 17.2. The maximum atomic E-state index is 11.7. The summed E-state index contributed by atoms with van der Waals surface area (Å²) in [6, 6.07) is 3.36. The van der Waals surface area contributed by atoms with E-state index in [0.717, 1.165) is 13.1 Å². The predicted molar refractivity (Wildman–Crippen MR) is 87.2 cm³/mol. The van der Waals surface area contributed by atoms with Crippen molar-refractivity contribution >= 4 is 11.7 Å². The highest BCUT2D eigenvalue weighted by Crippen LogP contribution is 2.06. The molecule has 0 aromatic carbocycles. The summed E-state index contributed by atoms with van der Waals surface area (Å²) in [5.74, 6) is 2.70. The van der Waals surface area contributed by atoms with E-state index in [1.165, 1.54) is 6.20 Å². The van der Waals surface area contributed by atoms with Gasteiger partial charge in [0.15, 0.2) is 0 Å². The fourth-order valence-electron chi connectivity index (χ4n) is 2.23. The molecule has 23 heavy (non-hydrogen) atoms. The molecule has 1 aliphatic rings. The molecule has 1 unspecified atom stereocenters. The summed E-state index contributed by atoms with van der Waals surface area (Å²) in [6.45, 7) is 4.30. The molecule has 1 saturated heterocycles. The Kier molecular flexibility index (Phi) is 6.81. The van der Waals surface area contributed by atoms with E-state index in [0.29, 0.717) is 37.7 Å². The summed E-state index contributed by atoms with van der Waals surface area (Å²) in [5, 5.41) is 15.7. The van der Waals surface area contributed by atoms with Crippen molar-refractivity contribution < 1.29 is 14.6 Å². The van der Waals surface area contributed by atoms with Gasteiger partial charge in [-0.3, -0.25) is 9.69 Å². The van der Waals surface area contributed by atoms with E-state index in [9.17, 15) is 9.90 Å². The van der Waals surface area contributed by atoms with Crippen LogP contribution in [0.25, 0.3) is 0 Å². The van der Waals surface area contributed by atoms with Crippen LogP contribution in [0, 0.1) is 12.3 Å². The van der Waals surface area contributed by atoms with E-state index in [1.807, 2.05) is 0 Å². The first-order valence-corrected chi connectivity index (χ1v) is 7.59. The molecule has 124 valence electrons. The summed E-state index contributed by atoms with van der Waals surface area (Å²) >= 11 is 0. The highest BCUT2D eigenvalue weighted by atomic mass is 16.5. The molecule has 1 aromatic rings. The van der Waals surface area contributed by atoms with E-state index in [2.05, 4.69) is 26.4 Å². The van der Waals surface area contributed by atoms with Crippen LogP contribution >= 0.6 is 0 Å². The Balaban J connectivity index is 1.74. The minimum absolute atomic E-state index is 0.187. The highest BCUT2D eigenvalue weighted by molar-refractivity contribution is 5.94. The van der Waals surface area contributed by atoms with Crippen LogP contribution in [0.1, 0.15) is 10.4 Å². The molecule has 2 rings (SSSR count). The molecule has 3 N–H and O–H groups in total. The van der Waals surface area contributed by atoms with Crippen molar-refractivity contribution in [1.29, 1.82) is 0 Å². The van der Waals surface area contributed by atoms with E-state index in [4.69, 9.17) is 11.2 Å². The van der Waals surface area contributed by atoms with Gasteiger partial charge in [0.2, 0.25) is 0 Å². The fourth-order valence-corrected chi connectivity index (χ4v) is 2.23. The minimum atomic E-state index is -0.492. The largest absolute Gasteiger partial charge is 0.390 e. The van der Waals surface area contributed by atoms with Crippen molar-refractivity contribution in [2.75, 3.05) is 51.3 Å². The molecule has 1 aliphatic heterocycles. The molecule has 1 amide bonds. The zero-order chi connectivity index (χ0) is 16.5. The number of hydrogen-bond donors (Lipinski definition) is 3. The second-order valence-electron chi connectivity index (χ2n) is 5.27. The van der Waals surface area contributed by atoms with Gasteiger partial charge >= 0.3 is 0 Å². The molecule has 1 fully saturated rings. The van der Waals surface area contributed by atoms with Crippen LogP contribution in [0.4, 0.5) is 5.82 Å². The van der Waals surface area contributed by atoms with Crippen molar-refractivity contribution in [2.24, 2.45) is 0 Å². The number of ether oxygens (including phenoxy) is 1. The Hall–Kier alpha value is -2.14. The molecule has 0 saturated carbocycles. The third-order valence-corrected chi connectivity index (χ3v) is 3.47. The van der Waals surface area contributed by atoms with Gasteiger partial charge in [-0.2, -0.15) is 0 Å². The standard InChI is InChI=1S/C16H22N4O3/c1-2-5-17-16(22)13-3-4-15(18-10-13)19-11-14(21)12-20-6-8-23-9-7-20/h1,3-4,10,14,21H,5-9,11-12H2,(H,17,22)(H,18,19). The quantitative estimate of drug-likeness (QED) is 0.590. The number of nitrogens with zero attached hydrogens (tertiary/aromatic N) is 2. The average molecular weight is 318 g/mol. The number of pyridine rings is 1. The van der Waals surface area contributed by atoms with E-state index >= 15 is 0 Å². The van der Waals surface area contributed by atoms with Crippen LogP contribution in [0.2, 0.25) is 0 Å². The fraction of sp³-hybridized carbons (Fsp3) is 0.500. The first-order valence-electron chi connectivity index (χ1n) is 7.59. The lowest BCUT2D eigenvalue weighted by atomic mass is 10.2. The maximum absolute atomic E-state index is 11.7. The van der Waals surface area contributed by atoms with Gasteiger partial charge in [-0.15, -0.1) is 6.42 Å². The number of carbonyl (C=O) groups is 1. The molecule has 0 radical (unpaired) electrons. The van der Waals surface area contributed by atoms with Crippen molar-refractivity contribution in [1.82, 2.24) is 15.2 Å². The monoisotopic (exact) mass is 318 g/mol. The number of aliphatic hydroxyl groups is 1. The number of morpholine rings is 1. The second kappa shape index (κ2) is 9.10. The van der Waals surface area contributed by atoms with Gasteiger partial charge in [0.1, 0.15) is 5.82 Å². The highest BCUT2D eigenvalue weighted by Gasteiger charge is 2.14. The van der Waals surface area contributed by atoms with Crippen molar-refractivity contribution in [2.45, 2.75) is 6.10 Å². The van der Waals surface area contributed by atoms with Crippen LogP contribution in [0.5, 0.6) is 0 Å². The molecule has 0 aliphatic carbocycles. The number of terminal acetylenes is 1. The Morgan fingerprint density at radius 2 is 2.26 bits per heavy atom. The van der Waals surface area contributed by atoms with Gasteiger partial charge in [0.05, 0.1) is 31.4 Å². The number of carbonyl (C=O) groups excluding carboxylic acids is 1. The Morgan fingerprint density at radius 3 is 2.91 bits per heavy atom. The molecular weight excluding hydrogens is 296 g/mol. The number of anilines is 1. The Labute approximate surface area is 136 Å². The van der Waals surface area contributed by atoms with Crippen LogP contribution in [-0.2, 0) is 4.74 Å². The lowest BCUT2D eigenvalue weighted by molar-refractivity contribution is 0.0171. The number of rotatable bonds is 7. The van der Waals surface area contributed by atoms with Crippen molar-refractivity contribution in [3.8, 4) is 12.3 Å². The van der Waals surface area contributed by atoms with Gasteiger partial charge in [0.25, 0.3) is 5.91 Å². The van der Waals surface area contributed by atoms with Crippen LogP contribution in [0.3, 0.4) is 0 Å². The molecular formula is C16H22N4O3. The third-order valence-electron chi connectivity index (χ3n) is 3.47. The molecule has 1 atom stereocenters. The number of hydrogen-bond acceptors (Lipinski definition) is 6. The third kappa shape index (κ3) is 5.87. The Morgan fingerprint density at radius 1 is 1.48 bits per heavy atom. The molecule has 0 spiro atoms. The Bertz CT molecular complexity index is 535. The lowest BCUT2D eigenvalue weighted by Gasteiger charge is -2.28. The number of β-amino-alcohol motifs (C(OH)–C–C–N with tert-alkyl or cyclic N) is 1. The zero-order valence-corrected chi connectivity index (χ0v) is 13.0. The van der Waals surface area contributed by atoms with Crippen molar-refractivity contribution in [3.63, 3.8) is 0 Å². The summed E-state index contributed by atoms with van der Waals surface area (Å²) in [6.07, 6.45) is 6.07. The summed E-state index contributed by atoms with van der Waals surface area (Å²) in [5.41, 5.74) is 0.444. The first-order chi connectivity index (χ1) is 11.2. The number of amides is 1. The van der Waals surface area contributed by atoms with Gasteiger partial charge in [-0.25, -0.2) is 4.98 Å². The second-order valence-corrected chi connectivity index (χ2v) is 5.27. The minimum Gasteiger partial charge on any atom is -0.390 e. The van der Waals surface area contributed by atoms with Crippen LogP contribution < -0.4 is 10.6 Å². The molecule has 2 heterocycles. The number of aromatic nitrogens is 1. The van der Waals surface area contributed by atoms with Crippen LogP contribution in [-0.4, -0.2) is 72.9 Å².